The van der Waals surface area contributed by atoms with Gasteiger partial charge in [-0.15, -0.1) is 11.3 Å². The molecule has 0 radical (unpaired) electrons. The summed E-state index contributed by atoms with van der Waals surface area (Å²) < 4.78 is 2.00. The van der Waals surface area contributed by atoms with Gasteiger partial charge >= 0.3 is 0 Å². The van der Waals surface area contributed by atoms with Crippen LogP contribution >= 0.6 is 11.3 Å². The molecule has 2 aromatic rings. The van der Waals surface area contributed by atoms with Crippen LogP contribution in [0.25, 0.3) is 0 Å². The number of aryl methyl sites for hydroxylation is 3. The molecule has 1 unspecified atom stereocenters. The van der Waals surface area contributed by atoms with Crippen LogP contribution < -0.4 is 11.3 Å². The first-order chi connectivity index (χ1) is 8.67. The number of thiazole rings is 1. The van der Waals surface area contributed by atoms with E-state index in [1.54, 1.807) is 11.3 Å². The fraction of sp³-hybridized carbons (Fsp3) is 0.500. The lowest BCUT2D eigenvalue weighted by molar-refractivity contribution is 0.523. The third kappa shape index (κ3) is 2.45. The highest BCUT2D eigenvalue weighted by Gasteiger charge is 2.21. The minimum absolute atomic E-state index is 0.0368. The van der Waals surface area contributed by atoms with Crippen LogP contribution in [-0.2, 0) is 6.54 Å². The maximum absolute atomic E-state index is 5.73. The zero-order valence-electron chi connectivity index (χ0n) is 11.0. The van der Waals surface area contributed by atoms with E-state index in [-0.39, 0.29) is 6.04 Å². The van der Waals surface area contributed by atoms with Crippen LogP contribution in [0.2, 0.25) is 0 Å². The molecular weight excluding hydrogens is 246 g/mol. The minimum atomic E-state index is -0.0368. The monoisotopic (exact) mass is 265 g/mol. The first-order valence-corrected chi connectivity index (χ1v) is 6.90. The van der Waals surface area contributed by atoms with Crippen molar-refractivity contribution in [2.75, 3.05) is 0 Å². The van der Waals surface area contributed by atoms with E-state index >= 15 is 0 Å². The Hall–Kier alpha value is -1.24. The van der Waals surface area contributed by atoms with Gasteiger partial charge < -0.3 is 0 Å². The third-order valence-corrected chi connectivity index (χ3v) is 3.99. The molecule has 3 N–H and O–H groups in total. The average molecular weight is 265 g/mol. The third-order valence-electron chi connectivity index (χ3n) is 2.85. The highest BCUT2D eigenvalue weighted by molar-refractivity contribution is 7.11. The summed E-state index contributed by atoms with van der Waals surface area (Å²) >= 11 is 1.68. The lowest BCUT2D eigenvalue weighted by Crippen LogP contribution is -2.30. The number of nitrogens with two attached hydrogens (primary N) is 1. The van der Waals surface area contributed by atoms with Crippen LogP contribution in [-0.4, -0.2) is 14.8 Å². The molecule has 0 aliphatic carbocycles. The Labute approximate surface area is 111 Å². The summed E-state index contributed by atoms with van der Waals surface area (Å²) in [6.07, 6.45) is 2.87. The molecule has 0 spiro atoms. The Morgan fingerprint density at radius 1 is 1.50 bits per heavy atom. The quantitative estimate of drug-likeness (QED) is 0.640. The molecule has 0 saturated heterocycles. The van der Waals surface area contributed by atoms with Gasteiger partial charge in [0.15, 0.2) is 0 Å². The number of aromatic nitrogens is 3. The predicted octanol–water partition coefficient (Wildman–Crippen LogP) is 1.92. The maximum Gasteiger partial charge on any atom is 0.0988 e. The summed E-state index contributed by atoms with van der Waals surface area (Å²) in [5, 5.41) is 5.40. The second kappa shape index (κ2) is 5.60. The molecule has 6 heteroatoms. The topological polar surface area (TPSA) is 68.8 Å². The van der Waals surface area contributed by atoms with Crippen LogP contribution in [0.4, 0.5) is 0 Å². The summed E-state index contributed by atoms with van der Waals surface area (Å²) in [5.41, 5.74) is 5.00. The van der Waals surface area contributed by atoms with Gasteiger partial charge in [0, 0.05) is 12.7 Å². The summed E-state index contributed by atoms with van der Waals surface area (Å²) in [7, 11) is 0. The molecule has 18 heavy (non-hydrogen) atoms. The highest BCUT2D eigenvalue weighted by Crippen LogP contribution is 2.29. The van der Waals surface area contributed by atoms with Crippen molar-refractivity contribution in [1.29, 1.82) is 0 Å². The summed E-state index contributed by atoms with van der Waals surface area (Å²) in [5.74, 6) is 5.73. The molecule has 0 aliphatic heterocycles. The SMILES string of the molecule is CCCn1nccc1C(NN)c1sc(C)nc1C. The second-order valence-corrected chi connectivity index (χ2v) is 5.50. The van der Waals surface area contributed by atoms with Crippen molar-refractivity contribution in [3.05, 3.63) is 33.5 Å². The molecule has 1 atom stereocenters. The van der Waals surface area contributed by atoms with Gasteiger partial charge in [-0.1, -0.05) is 6.92 Å². The van der Waals surface area contributed by atoms with Crippen LogP contribution in [0, 0.1) is 13.8 Å². The Balaban J connectivity index is 2.39. The van der Waals surface area contributed by atoms with Gasteiger partial charge in [-0.3, -0.25) is 10.5 Å². The first kappa shape index (κ1) is 13.2. The van der Waals surface area contributed by atoms with E-state index in [4.69, 9.17) is 5.84 Å². The number of nitrogens with one attached hydrogen (secondary N) is 1. The van der Waals surface area contributed by atoms with E-state index < -0.39 is 0 Å². The van der Waals surface area contributed by atoms with Gasteiger partial charge in [0.2, 0.25) is 0 Å². The zero-order chi connectivity index (χ0) is 13.1. The fourth-order valence-electron chi connectivity index (χ4n) is 2.10. The number of nitrogens with zero attached hydrogens (tertiary/aromatic N) is 3. The average Bonchev–Trinajstić information content (AvgIpc) is 2.89. The van der Waals surface area contributed by atoms with Gasteiger partial charge in [0.1, 0.15) is 0 Å². The number of rotatable bonds is 5. The Bertz CT molecular complexity index is 516. The maximum atomic E-state index is 5.73. The Kier molecular flexibility index (Phi) is 4.11. The number of hydrogen-bond acceptors (Lipinski definition) is 5. The van der Waals surface area contributed by atoms with E-state index in [0.717, 1.165) is 34.2 Å². The molecule has 0 bridgehead atoms. The lowest BCUT2D eigenvalue weighted by atomic mass is 10.1. The lowest BCUT2D eigenvalue weighted by Gasteiger charge is -2.16. The van der Waals surface area contributed by atoms with E-state index in [1.165, 1.54) is 0 Å². The van der Waals surface area contributed by atoms with Crippen molar-refractivity contribution >= 4 is 11.3 Å². The van der Waals surface area contributed by atoms with Gasteiger partial charge in [-0.05, 0) is 26.3 Å². The normalized spacial score (nSPS) is 12.9. The molecule has 2 aromatic heterocycles. The van der Waals surface area contributed by atoms with Gasteiger partial charge in [-0.25, -0.2) is 10.4 Å². The number of hydrogen-bond donors (Lipinski definition) is 2. The van der Waals surface area contributed by atoms with Crippen LogP contribution in [0.15, 0.2) is 12.3 Å². The smallest absolute Gasteiger partial charge is 0.0988 e. The fourth-order valence-corrected chi connectivity index (χ4v) is 3.10. The van der Waals surface area contributed by atoms with E-state index in [2.05, 4.69) is 22.4 Å². The molecule has 98 valence electrons. The van der Waals surface area contributed by atoms with E-state index in [9.17, 15) is 0 Å². The largest absolute Gasteiger partial charge is 0.270 e. The van der Waals surface area contributed by atoms with Crippen molar-refractivity contribution in [1.82, 2.24) is 20.2 Å². The van der Waals surface area contributed by atoms with Crippen LogP contribution in [0.5, 0.6) is 0 Å². The molecular formula is C12H19N5S. The van der Waals surface area contributed by atoms with Gasteiger partial charge in [-0.2, -0.15) is 5.10 Å². The van der Waals surface area contributed by atoms with Crippen molar-refractivity contribution in [3.63, 3.8) is 0 Å². The standard InChI is InChI=1S/C12H19N5S/c1-4-7-17-10(5-6-14-17)11(16-13)12-8(2)15-9(3)18-12/h5-6,11,16H,4,7,13H2,1-3H3. The predicted molar refractivity (Wildman–Crippen MR) is 73.3 cm³/mol. The molecule has 0 fully saturated rings. The van der Waals surface area contributed by atoms with Crippen LogP contribution in [0.1, 0.15) is 40.7 Å². The molecule has 0 amide bonds. The van der Waals surface area contributed by atoms with Crippen molar-refractivity contribution in [2.45, 2.75) is 39.8 Å². The minimum Gasteiger partial charge on any atom is -0.270 e. The van der Waals surface area contributed by atoms with Crippen molar-refractivity contribution in [3.8, 4) is 0 Å². The molecule has 0 aromatic carbocycles. The second-order valence-electron chi connectivity index (χ2n) is 4.26. The molecule has 5 nitrogen and oxygen atoms in total. The summed E-state index contributed by atoms with van der Waals surface area (Å²) in [6, 6.07) is 1.97. The molecule has 0 aliphatic rings. The van der Waals surface area contributed by atoms with Gasteiger partial charge in [0.25, 0.3) is 0 Å². The summed E-state index contributed by atoms with van der Waals surface area (Å²) in [6.45, 7) is 7.07. The van der Waals surface area contributed by atoms with Crippen LogP contribution in [0.3, 0.4) is 0 Å². The highest BCUT2D eigenvalue weighted by atomic mass is 32.1. The Morgan fingerprint density at radius 2 is 2.28 bits per heavy atom. The number of hydrazine groups is 1. The molecule has 2 heterocycles. The van der Waals surface area contributed by atoms with Crippen molar-refractivity contribution in [2.24, 2.45) is 5.84 Å². The van der Waals surface area contributed by atoms with Gasteiger partial charge in [0.05, 0.1) is 27.3 Å². The Morgan fingerprint density at radius 3 is 2.83 bits per heavy atom. The molecule has 0 saturated carbocycles. The van der Waals surface area contributed by atoms with E-state index in [0.29, 0.717) is 0 Å². The van der Waals surface area contributed by atoms with E-state index in [1.807, 2.05) is 30.8 Å². The van der Waals surface area contributed by atoms with Crippen molar-refractivity contribution < 1.29 is 0 Å². The first-order valence-electron chi connectivity index (χ1n) is 6.09. The zero-order valence-corrected chi connectivity index (χ0v) is 11.8. The molecule has 2 rings (SSSR count). The summed E-state index contributed by atoms with van der Waals surface area (Å²) in [4.78, 5) is 5.62.